The minimum Gasteiger partial charge on any atom is -0.508 e. The number of aromatic hydroxyl groups is 3. The number of thioether (sulfide) groups is 2. The Bertz CT molecular complexity index is 1610. The van der Waals surface area contributed by atoms with Gasteiger partial charge in [-0.1, -0.05) is 23.9 Å². The second kappa shape index (κ2) is 11.6. The third kappa shape index (κ3) is 5.55. The second-order valence-corrected chi connectivity index (χ2v) is 11.3. The summed E-state index contributed by atoms with van der Waals surface area (Å²) in [7, 11) is 1.65. The van der Waals surface area contributed by atoms with Gasteiger partial charge in [0.25, 0.3) is 11.8 Å². The van der Waals surface area contributed by atoms with Gasteiger partial charge >= 0.3 is 5.97 Å². The number of phenolic OH excluding ortho intramolecular Hbond substituents is 3. The zero-order valence-electron chi connectivity index (χ0n) is 21.7. The van der Waals surface area contributed by atoms with Gasteiger partial charge < -0.3 is 31.1 Å². The number of aryl methyl sites for hydroxylation is 1. The molecule has 15 nitrogen and oxygen atoms in total. The Kier molecular flexibility index (Phi) is 7.95. The van der Waals surface area contributed by atoms with Crippen LogP contribution >= 0.6 is 23.5 Å². The molecule has 1 aromatic heterocycles. The van der Waals surface area contributed by atoms with E-state index < -0.39 is 46.9 Å². The fourth-order valence-corrected chi connectivity index (χ4v) is 6.74. The molecule has 17 heteroatoms. The van der Waals surface area contributed by atoms with E-state index in [9.17, 15) is 39.6 Å². The number of carbonyl (C=O) groups excluding carboxylic acids is 3. The molecular weight excluding hydrogens is 590 g/mol. The van der Waals surface area contributed by atoms with E-state index in [1.54, 1.807) is 7.05 Å². The molecule has 218 valence electrons. The van der Waals surface area contributed by atoms with Crippen LogP contribution in [-0.2, 0) is 21.4 Å². The minimum atomic E-state index is -1.38. The van der Waals surface area contributed by atoms with Gasteiger partial charge in [-0.05, 0) is 51.9 Å². The SMILES string of the molecule is Cn1nnnc1SCC1=C(C(=O)O)N2C(=O)C(NC(=O)C(NC(=O)c3cc(O)ccc3O)c3ccc(O)cc3)[C@@H]2SC1. The Hall–Kier alpha value is -4.77. The number of tetrazole rings is 1. The van der Waals surface area contributed by atoms with Gasteiger partial charge in [0.1, 0.15) is 40.4 Å². The van der Waals surface area contributed by atoms with Crippen molar-refractivity contribution in [2.75, 3.05) is 11.5 Å². The van der Waals surface area contributed by atoms with E-state index in [0.717, 1.165) is 17.0 Å². The number of aliphatic carboxylic acids is 1. The highest BCUT2D eigenvalue weighted by molar-refractivity contribution is 8.01. The Balaban J connectivity index is 1.34. The van der Waals surface area contributed by atoms with Crippen LogP contribution in [0.4, 0.5) is 0 Å². The van der Waals surface area contributed by atoms with Crippen molar-refractivity contribution in [2.24, 2.45) is 7.05 Å². The van der Waals surface area contributed by atoms with E-state index >= 15 is 0 Å². The maximum absolute atomic E-state index is 13.5. The van der Waals surface area contributed by atoms with Gasteiger partial charge in [0.2, 0.25) is 11.1 Å². The Morgan fingerprint density at radius 3 is 2.50 bits per heavy atom. The highest BCUT2D eigenvalue weighted by atomic mass is 32.2. The molecule has 0 spiro atoms. The maximum Gasteiger partial charge on any atom is 0.352 e. The van der Waals surface area contributed by atoms with Crippen molar-refractivity contribution in [1.82, 2.24) is 35.7 Å². The summed E-state index contributed by atoms with van der Waals surface area (Å²) in [4.78, 5) is 53.0. The molecule has 3 aromatic rings. The zero-order valence-corrected chi connectivity index (χ0v) is 23.3. The maximum atomic E-state index is 13.5. The number of amides is 3. The first-order valence-corrected chi connectivity index (χ1v) is 14.3. The van der Waals surface area contributed by atoms with Gasteiger partial charge in [-0.15, -0.1) is 16.9 Å². The lowest BCUT2D eigenvalue weighted by atomic mass is 10.0. The average molecular weight is 614 g/mol. The van der Waals surface area contributed by atoms with Crippen LogP contribution in [0.2, 0.25) is 0 Å². The van der Waals surface area contributed by atoms with E-state index in [-0.39, 0.29) is 39.8 Å². The van der Waals surface area contributed by atoms with Crippen molar-refractivity contribution in [3.63, 3.8) is 0 Å². The van der Waals surface area contributed by atoms with Crippen LogP contribution in [0.1, 0.15) is 22.0 Å². The first-order valence-electron chi connectivity index (χ1n) is 12.2. The number of hydrogen-bond acceptors (Lipinski definition) is 12. The van der Waals surface area contributed by atoms with Gasteiger partial charge in [0, 0.05) is 18.6 Å². The summed E-state index contributed by atoms with van der Waals surface area (Å²) in [5.41, 5.74) is 0.288. The lowest BCUT2D eigenvalue weighted by Crippen LogP contribution is -2.71. The number of aromatic nitrogens is 4. The summed E-state index contributed by atoms with van der Waals surface area (Å²) in [6.45, 7) is 0. The molecule has 2 aromatic carbocycles. The molecule has 0 bridgehead atoms. The summed E-state index contributed by atoms with van der Waals surface area (Å²) in [5, 5.41) is 55.5. The fourth-order valence-electron chi connectivity index (χ4n) is 4.41. The van der Waals surface area contributed by atoms with Crippen LogP contribution < -0.4 is 10.6 Å². The molecule has 1 fully saturated rings. The summed E-state index contributed by atoms with van der Waals surface area (Å²) in [5.74, 6) is -3.90. The molecule has 3 atom stereocenters. The topological polar surface area (TPSA) is 220 Å². The van der Waals surface area contributed by atoms with Crippen LogP contribution in [0.25, 0.3) is 0 Å². The number of fused-ring (bicyclic) bond motifs is 1. The summed E-state index contributed by atoms with van der Waals surface area (Å²) in [6, 6.07) is 6.27. The number of nitrogens with one attached hydrogen (secondary N) is 2. The molecule has 6 N–H and O–H groups in total. The number of rotatable bonds is 9. The van der Waals surface area contributed by atoms with Crippen molar-refractivity contribution in [1.29, 1.82) is 0 Å². The van der Waals surface area contributed by atoms with Gasteiger partial charge in [0.05, 0.1) is 5.56 Å². The third-order valence-electron chi connectivity index (χ3n) is 6.49. The van der Waals surface area contributed by atoms with Crippen LogP contribution in [0.15, 0.2) is 58.9 Å². The predicted molar refractivity (Wildman–Crippen MR) is 147 cm³/mol. The van der Waals surface area contributed by atoms with E-state index in [0.29, 0.717) is 10.7 Å². The lowest BCUT2D eigenvalue weighted by Gasteiger charge is -2.49. The van der Waals surface area contributed by atoms with Crippen LogP contribution in [0.5, 0.6) is 17.2 Å². The number of phenols is 3. The summed E-state index contributed by atoms with van der Waals surface area (Å²) in [6.07, 6.45) is 0. The van der Waals surface area contributed by atoms with Crippen molar-refractivity contribution in [3.8, 4) is 17.2 Å². The summed E-state index contributed by atoms with van der Waals surface area (Å²) < 4.78 is 1.44. The summed E-state index contributed by atoms with van der Waals surface area (Å²) >= 11 is 2.50. The molecule has 2 aliphatic rings. The lowest BCUT2D eigenvalue weighted by molar-refractivity contribution is -0.151. The van der Waals surface area contributed by atoms with Crippen molar-refractivity contribution < 1.29 is 39.6 Å². The number of benzene rings is 2. The molecule has 3 amide bonds. The Labute approximate surface area is 245 Å². The average Bonchev–Trinajstić information content (AvgIpc) is 3.38. The third-order valence-corrected chi connectivity index (χ3v) is 8.93. The standard InChI is InChI=1S/C25H23N7O8S2/c1-31-25(28-29-30-31)42-10-12-9-41-23-18(22(38)32(23)19(12)24(39)40)27-21(37)17(11-2-4-13(33)5-3-11)26-20(36)15-8-14(34)6-7-16(15)35/h2-8,17-18,23,33-35H,9-10H2,1H3,(H,26,36)(H,27,37)(H,39,40)/t17?,18?,23-/m0/s1. The van der Waals surface area contributed by atoms with Crippen molar-refractivity contribution in [3.05, 3.63) is 64.9 Å². The van der Waals surface area contributed by atoms with Crippen molar-refractivity contribution >= 4 is 47.2 Å². The fraction of sp³-hybridized carbons (Fsp3) is 0.240. The highest BCUT2D eigenvalue weighted by Gasteiger charge is 2.54. The normalized spacial score (nSPS) is 18.6. The molecule has 0 aliphatic carbocycles. The Morgan fingerprint density at radius 1 is 1.12 bits per heavy atom. The molecular formula is C25H23N7O8S2. The van der Waals surface area contributed by atoms with Crippen molar-refractivity contribution in [2.45, 2.75) is 22.6 Å². The highest BCUT2D eigenvalue weighted by Crippen LogP contribution is 2.41. The van der Waals surface area contributed by atoms with Gasteiger partial charge in [-0.3, -0.25) is 19.3 Å². The number of carboxylic acids is 1. The van der Waals surface area contributed by atoms with Crippen LogP contribution in [0, 0.1) is 0 Å². The monoisotopic (exact) mass is 613 g/mol. The van der Waals surface area contributed by atoms with E-state index in [1.807, 2.05) is 0 Å². The van der Waals surface area contributed by atoms with Crippen LogP contribution in [0.3, 0.4) is 0 Å². The number of nitrogens with zero attached hydrogens (tertiary/aromatic N) is 5. The predicted octanol–water partition coefficient (Wildman–Crippen LogP) is 0.329. The first-order chi connectivity index (χ1) is 20.0. The largest absolute Gasteiger partial charge is 0.508 e. The molecule has 0 saturated carbocycles. The van der Waals surface area contributed by atoms with E-state index in [1.165, 1.54) is 58.5 Å². The molecule has 3 heterocycles. The van der Waals surface area contributed by atoms with E-state index in [2.05, 4.69) is 26.2 Å². The molecule has 42 heavy (non-hydrogen) atoms. The number of carbonyl (C=O) groups is 4. The Morgan fingerprint density at radius 2 is 1.83 bits per heavy atom. The zero-order chi connectivity index (χ0) is 30.1. The number of hydrogen-bond donors (Lipinski definition) is 6. The molecule has 5 rings (SSSR count). The quantitative estimate of drug-likeness (QED) is 0.109. The van der Waals surface area contributed by atoms with Gasteiger partial charge in [0.15, 0.2) is 0 Å². The van der Waals surface area contributed by atoms with Gasteiger partial charge in [-0.2, -0.15) is 0 Å². The van der Waals surface area contributed by atoms with Gasteiger partial charge in [-0.25, -0.2) is 9.48 Å². The number of carboxylic acid groups (broad SMARTS) is 1. The molecule has 2 unspecified atom stereocenters. The minimum absolute atomic E-state index is 0.0873. The van der Waals surface area contributed by atoms with Crippen LogP contribution in [-0.4, -0.2) is 92.1 Å². The second-order valence-electron chi connectivity index (χ2n) is 9.23. The molecule has 1 saturated heterocycles. The number of β-lactam (4-membered cyclic amide) rings is 1. The van der Waals surface area contributed by atoms with E-state index in [4.69, 9.17) is 0 Å². The molecule has 2 aliphatic heterocycles. The smallest absolute Gasteiger partial charge is 0.352 e. The molecule has 0 radical (unpaired) electrons. The first kappa shape index (κ1) is 28.7.